The first kappa shape index (κ1) is 19.2. The summed E-state index contributed by atoms with van der Waals surface area (Å²) in [4.78, 5) is 20.1. The maximum absolute atomic E-state index is 12.1. The summed E-state index contributed by atoms with van der Waals surface area (Å²) >= 11 is 11.8. The zero-order valence-corrected chi connectivity index (χ0v) is 15.8. The number of carbonyl (C=O) groups is 1. The van der Waals surface area contributed by atoms with E-state index in [0.717, 1.165) is 25.7 Å². The van der Waals surface area contributed by atoms with Gasteiger partial charge in [0.2, 0.25) is 5.69 Å². The van der Waals surface area contributed by atoms with Crippen molar-refractivity contribution >= 4 is 34.9 Å². The second-order valence-electron chi connectivity index (χ2n) is 6.14. The molecule has 1 heterocycles. The van der Waals surface area contributed by atoms with Crippen molar-refractivity contribution in [3.05, 3.63) is 46.3 Å². The van der Waals surface area contributed by atoms with Gasteiger partial charge in [-0.2, -0.15) is 5.26 Å². The monoisotopic (exact) mass is 405 g/mol. The summed E-state index contributed by atoms with van der Waals surface area (Å²) < 4.78 is 5.80. The molecule has 140 valence electrons. The van der Waals surface area contributed by atoms with Crippen LogP contribution in [-0.2, 0) is 0 Å². The minimum atomic E-state index is -0.293. The molecule has 1 aromatic carbocycles. The number of nitrogens with zero attached hydrogens (tertiary/aromatic N) is 3. The summed E-state index contributed by atoms with van der Waals surface area (Å²) in [6, 6.07) is 6.64. The Kier molecular flexibility index (Phi) is 6.32. The molecule has 0 aliphatic heterocycles. The van der Waals surface area contributed by atoms with Crippen molar-refractivity contribution in [1.82, 2.24) is 15.3 Å². The van der Waals surface area contributed by atoms with Crippen molar-refractivity contribution in [3.63, 3.8) is 0 Å². The van der Waals surface area contributed by atoms with Crippen LogP contribution in [0.25, 0.3) is 0 Å². The Morgan fingerprint density at radius 2 is 1.89 bits per heavy atom. The Bertz CT molecular complexity index is 863. The summed E-state index contributed by atoms with van der Waals surface area (Å²) in [6.45, 7) is 0. The molecule has 1 aliphatic rings. The van der Waals surface area contributed by atoms with Gasteiger partial charge in [0.1, 0.15) is 12.2 Å². The lowest BCUT2D eigenvalue weighted by Crippen LogP contribution is -2.41. The van der Waals surface area contributed by atoms with Crippen LogP contribution in [-0.4, -0.2) is 28.1 Å². The van der Waals surface area contributed by atoms with Crippen LogP contribution in [0.4, 0.5) is 10.5 Å². The number of aromatic nitrogens is 2. The number of benzene rings is 1. The van der Waals surface area contributed by atoms with Gasteiger partial charge in [-0.1, -0.05) is 23.2 Å². The van der Waals surface area contributed by atoms with Gasteiger partial charge < -0.3 is 15.4 Å². The first-order valence-electron chi connectivity index (χ1n) is 8.45. The van der Waals surface area contributed by atoms with Gasteiger partial charge in [-0.15, -0.1) is 0 Å². The molecule has 3 rings (SSSR count). The summed E-state index contributed by atoms with van der Waals surface area (Å²) in [6.07, 6.45) is 5.93. The van der Waals surface area contributed by atoms with E-state index in [-0.39, 0.29) is 29.8 Å². The molecule has 1 saturated carbocycles. The van der Waals surface area contributed by atoms with Crippen LogP contribution in [0.2, 0.25) is 10.0 Å². The summed E-state index contributed by atoms with van der Waals surface area (Å²) in [7, 11) is 0. The van der Waals surface area contributed by atoms with Crippen LogP contribution in [0.1, 0.15) is 31.4 Å². The summed E-state index contributed by atoms with van der Waals surface area (Å²) in [5.74, 6) is 0.258. The molecule has 27 heavy (non-hydrogen) atoms. The highest BCUT2D eigenvalue weighted by Gasteiger charge is 2.25. The van der Waals surface area contributed by atoms with E-state index in [9.17, 15) is 4.79 Å². The van der Waals surface area contributed by atoms with Gasteiger partial charge in [-0.25, -0.2) is 14.8 Å². The Labute approximate surface area is 166 Å². The van der Waals surface area contributed by atoms with Gasteiger partial charge in [0.15, 0.2) is 0 Å². The number of amides is 2. The highest BCUT2D eigenvalue weighted by molar-refractivity contribution is 6.42. The third kappa shape index (κ3) is 5.22. The van der Waals surface area contributed by atoms with Crippen LogP contribution in [0.15, 0.2) is 30.6 Å². The van der Waals surface area contributed by atoms with E-state index in [2.05, 4.69) is 20.6 Å². The number of carbonyl (C=O) groups excluding carboxylic acids is 1. The van der Waals surface area contributed by atoms with Gasteiger partial charge in [-0.3, -0.25) is 0 Å². The van der Waals surface area contributed by atoms with Gasteiger partial charge >= 0.3 is 6.03 Å². The Balaban J connectivity index is 1.47. The van der Waals surface area contributed by atoms with Gasteiger partial charge in [0.05, 0.1) is 10.0 Å². The molecule has 9 heteroatoms. The number of urea groups is 1. The van der Waals surface area contributed by atoms with Crippen molar-refractivity contribution in [3.8, 4) is 11.9 Å². The largest absolute Gasteiger partial charge is 0.472 e. The molecule has 1 fully saturated rings. The number of ether oxygens (including phenoxy) is 1. The van der Waals surface area contributed by atoms with Crippen molar-refractivity contribution in [2.24, 2.45) is 0 Å². The quantitative estimate of drug-likeness (QED) is 0.794. The Morgan fingerprint density at radius 1 is 1.15 bits per heavy atom. The standard InChI is InChI=1S/C18H17Cl2N5O2/c19-14-6-3-12(9-15(14)20)25-18(26)24-11-1-4-13(5-2-11)27-17-16(10-21)22-7-8-23-17/h3,6-9,11,13H,1-2,4-5H2,(H2,24,25,26). The molecule has 0 bridgehead atoms. The lowest BCUT2D eigenvalue weighted by atomic mass is 9.93. The molecule has 0 unspecified atom stereocenters. The molecule has 2 aromatic rings. The number of nitrogens with one attached hydrogen (secondary N) is 2. The topological polar surface area (TPSA) is 99.9 Å². The summed E-state index contributed by atoms with van der Waals surface area (Å²) in [5.41, 5.74) is 0.754. The fraction of sp³-hybridized carbons (Fsp3) is 0.333. The summed E-state index contributed by atoms with van der Waals surface area (Å²) in [5, 5.41) is 15.5. The van der Waals surface area contributed by atoms with Crippen molar-refractivity contribution in [1.29, 1.82) is 5.26 Å². The predicted octanol–water partition coefficient (Wildman–Crippen LogP) is 4.17. The average molecular weight is 406 g/mol. The highest BCUT2D eigenvalue weighted by Crippen LogP contribution is 2.26. The van der Waals surface area contributed by atoms with Crippen LogP contribution in [0.3, 0.4) is 0 Å². The minimum Gasteiger partial charge on any atom is -0.472 e. The molecule has 2 N–H and O–H groups in total. The first-order valence-corrected chi connectivity index (χ1v) is 9.21. The lowest BCUT2D eigenvalue weighted by molar-refractivity contribution is 0.134. The van der Waals surface area contributed by atoms with Crippen LogP contribution in [0.5, 0.6) is 5.88 Å². The van der Waals surface area contributed by atoms with E-state index in [1.54, 1.807) is 18.2 Å². The first-order chi connectivity index (χ1) is 13.0. The van der Waals surface area contributed by atoms with Gasteiger partial charge in [-0.05, 0) is 43.9 Å². The van der Waals surface area contributed by atoms with E-state index in [0.29, 0.717) is 15.7 Å². The van der Waals surface area contributed by atoms with E-state index >= 15 is 0 Å². The number of rotatable bonds is 4. The zero-order chi connectivity index (χ0) is 19.2. The molecule has 0 radical (unpaired) electrons. The second-order valence-corrected chi connectivity index (χ2v) is 6.96. The normalized spacial score (nSPS) is 19.0. The molecule has 2 amide bonds. The minimum absolute atomic E-state index is 0.0462. The number of halogens is 2. The maximum atomic E-state index is 12.1. The third-order valence-corrected chi connectivity index (χ3v) is 4.97. The SMILES string of the molecule is N#Cc1nccnc1OC1CCC(NC(=O)Nc2ccc(Cl)c(Cl)c2)CC1. The van der Waals surface area contributed by atoms with E-state index in [4.69, 9.17) is 33.2 Å². The molecule has 0 saturated heterocycles. The zero-order valence-electron chi connectivity index (χ0n) is 14.3. The number of nitriles is 1. The van der Waals surface area contributed by atoms with Gasteiger partial charge in [0, 0.05) is 24.1 Å². The lowest BCUT2D eigenvalue weighted by Gasteiger charge is -2.29. The second kappa shape index (κ2) is 8.89. The molecule has 1 aromatic heterocycles. The predicted molar refractivity (Wildman–Crippen MR) is 102 cm³/mol. The van der Waals surface area contributed by atoms with E-state index in [1.807, 2.05) is 6.07 Å². The number of hydrogen-bond donors (Lipinski definition) is 2. The van der Waals surface area contributed by atoms with Crippen molar-refractivity contribution in [2.45, 2.75) is 37.8 Å². The van der Waals surface area contributed by atoms with Crippen LogP contribution in [0, 0.1) is 11.3 Å². The van der Waals surface area contributed by atoms with Crippen LogP contribution < -0.4 is 15.4 Å². The van der Waals surface area contributed by atoms with Gasteiger partial charge in [0.25, 0.3) is 5.88 Å². The molecular weight excluding hydrogens is 389 g/mol. The molecule has 0 atom stereocenters. The molecular formula is C18H17Cl2N5O2. The van der Waals surface area contributed by atoms with Crippen molar-refractivity contribution < 1.29 is 9.53 Å². The number of hydrogen-bond acceptors (Lipinski definition) is 5. The molecule has 0 spiro atoms. The van der Waals surface area contributed by atoms with Crippen LogP contribution >= 0.6 is 23.2 Å². The fourth-order valence-electron chi connectivity index (χ4n) is 2.90. The van der Waals surface area contributed by atoms with E-state index in [1.165, 1.54) is 12.4 Å². The Morgan fingerprint density at radius 3 is 2.59 bits per heavy atom. The maximum Gasteiger partial charge on any atom is 0.319 e. The number of anilines is 1. The third-order valence-electron chi connectivity index (χ3n) is 4.24. The molecule has 1 aliphatic carbocycles. The molecule has 7 nitrogen and oxygen atoms in total. The Hall–Kier alpha value is -2.56. The fourth-order valence-corrected chi connectivity index (χ4v) is 3.20. The van der Waals surface area contributed by atoms with E-state index < -0.39 is 0 Å². The smallest absolute Gasteiger partial charge is 0.319 e. The highest BCUT2D eigenvalue weighted by atomic mass is 35.5. The van der Waals surface area contributed by atoms with Crippen molar-refractivity contribution in [2.75, 3.05) is 5.32 Å². The average Bonchev–Trinajstić information content (AvgIpc) is 2.67.